The Morgan fingerprint density at radius 2 is 2.07 bits per heavy atom. The molecule has 1 saturated carbocycles. The van der Waals surface area contributed by atoms with E-state index < -0.39 is 0 Å². The number of nitrogens with two attached hydrogens (primary N) is 1. The van der Waals surface area contributed by atoms with Gasteiger partial charge in [0, 0.05) is 12.0 Å². The number of oxime groups is 1. The molecule has 0 aromatic rings. The first kappa shape index (κ1) is 10.7. The Kier molecular flexibility index (Phi) is 3.46. The zero-order valence-corrected chi connectivity index (χ0v) is 9.32. The Bertz CT molecular complexity index is 235. The van der Waals surface area contributed by atoms with Gasteiger partial charge in [0.15, 0.2) is 6.61 Å². The van der Waals surface area contributed by atoms with E-state index in [9.17, 15) is 0 Å². The summed E-state index contributed by atoms with van der Waals surface area (Å²) in [6, 6.07) is 0.369. The molecule has 2 aliphatic rings. The zero-order valence-electron chi connectivity index (χ0n) is 9.32. The van der Waals surface area contributed by atoms with Crippen LogP contribution in [-0.4, -0.2) is 24.7 Å². The lowest BCUT2D eigenvalue weighted by Crippen LogP contribution is -2.35. The van der Waals surface area contributed by atoms with Crippen molar-refractivity contribution in [1.82, 2.24) is 0 Å². The summed E-state index contributed by atoms with van der Waals surface area (Å²) in [4.78, 5) is 5.20. The number of ether oxygens (including phenoxy) is 1. The summed E-state index contributed by atoms with van der Waals surface area (Å²) < 4.78 is 5.79. The molecule has 1 atom stereocenters. The standard InChI is InChI=1S/C11H20N2O2/c1-2-10-7-14-13-11(15-10)8-3-5-9(12)6-4-8/h8-10H,2-7,12H2,1H3. The highest BCUT2D eigenvalue weighted by atomic mass is 16.7. The molecule has 1 aliphatic heterocycles. The minimum Gasteiger partial charge on any atom is -0.471 e. The van der Waals surface area contributed by atoms with Gasteiger partial charge >= 0.3 is 0 Å². The van der Waals surface area contributed by atoms with E-state index in [1.807, 2.05) is 0 Å². The lowest BCUT2D eigenvalue weighted by Gasteiger charge is -2.30. The van der Waals surface area contributed by atoms with Crippen LogP contribution in [0.3, 0.4) is 0 Å². The molecule has 0 spiro atoms. The molecule has 1 fully saturated rings. The molecule has 1 unspecified atom stereocenters. The third-order valence-corrected chi connectivity index (χ3v) is 3.28. The molecule has 0 aromatic heterocycles. The average molecular weight is 212 g/mol. The van der Waals surface area contributed by atoms with E-state index in [1.54, 1.807) is 0 Å². The zero-order chi connectivity index (χ0) is 10.7. The Labute approximate surface area is 90.8 Å². The largest absolute Gasteiger partial charge is 0.471 e. The van der Waals surface area contributed by atoms with Gasteiger partial charge in [0.05, 0.1) is 0 Å². The van der Waals surface area contributed by atoms with Crippen LogP contribution < -0.4 is 5.73 Å². The Hall–Kier alpha value is -0.770. The maximum absolute atomic E-state index is 5.87. The fourth-order valence-corrected chi connectivity index (χ4v) is 2.15. The van der Waals surface area contributed by atoms with Gasteiger partial charge in [0.2, 0.25) is 5.90 Å². The van der Waals surface area contributed by atoms with E-state index in [1.165, 1.54) is 0 Å². The summed E-state index contributed by atoms with van der Waals surface area (Å²) in [6.07, 6.45) is 5.48. The van der Waals surface area contributed by atoms with Crippen molar-refractivity contribution in [2.75, 3.05) is 6.61 Å². The fourth-order valence-electron chi connectivity index (χ4n) is 2.15. The van der Waals surface area contributed by atoms with Crippen molar-refractivity contribution >= 4 is 5.90 Å². The predicted octanol–water partition coefficient (Wildman–Crippen LogP) is 1.64. The lowest BCUT2D eigenvalue weighted by molar-refractivity contribution is -0.000404. The summed E-state index contributed by atoms with van der Waals surface area (Å²) in [5, 5.41) is 4.03. The quantitative estimate of drug-likeness (QED) is 0.757. The molecule has 86 valence electrons. The summed E-state index contributed by atoms with van der Waals surface area (Å²) >= 11 is 0. The van der Waals surface area contributed by atoms with Crippen molar-refractivity contribution in [3.63, 3.8) is 0 Å². The maximum Gasteiger partial charge on any atom is 0.229 e. The van der Waals surface area contributed by atoms with Crippen LogP contribution in [0.25, 0.3) is 0 Å². The molecule has 0 saturated heterocycles. The van der Waals surface area contributed by atoms with Crippen LogP contribution in [0.2, 0.25) is 0 Å². The number of nitrogens with zero attached hydrogens (tertiary/aromatic N) is 1. The highest BCUT2D eigenvalue weighted by Gasteiger charge is 2.28. The van der Waals surface area contributed by atoms with Crippen LogP contribution >= 0.6 is 0 Å². The first-order valence-electron chi connectivity index (χ1n) is 5.91. The highest BCUT2D eigenvalue weighted by molar-refractivity contribution is 5.78. The average Bonchev–Trinajstić information content (AvgIpc) is 2.30. The molecule has 0 bridgehead atoms. The van der Waals surface area contributed by atoms with Gasteiger partial charge in [-0.3, -0.25) is 0 Å². The molecule has 1 aliphatic carbocycles. The van der Waals surface area contributed by atoms with Gasteiger partial charge < -0.3 is 15.3 Å². The lowest BCUT2D eigenvalue weighted by atomic mass is 9.86. The Morgan fingerprint density at radius 3 is 2.73 bits per heavy atom. The van der Waals surface area contributed by atoms with Crippen LogP contribution in [-0.2, 0) is 9.57 Å². The van der Waals surface area contributed by atoms with Crippen LogP contribution in [0.15, 0.2) is 5.16 Å². The van der Waals surface area contributed by atoms with Gasteiger partial charge in [-0.25, -0.2) is 0 Å². The minimum atomic E-state index is 0.188. The van der Waals surface area contributed by atoms with Crippen LogP contribution in [0, 0.1) is 5.92 Å². The van der Waals surface area contributed by atoms with Crippen molar-refractivity contribution in [3.05, 3.63) is 0 Å². The predicted molar refractivity (Wildman–Crippen MR) is 58.5 cm³/mol. The normalized spacial score (nSPS) is 36.4. The van der Waals surface area contributed by atoms with Crippen molar-refractivity contribution < 1.29 is 9.57 Å². The van der Waals surface area contributed by atoms with Crippen molar-refractivity contribution in [2.45, 2.75) is 51.2 Å². The molecule has 2 N–H and O–H groups in total. The van der Waals surface area contributed by atoms with E-state index in [-0.39, 0.29) is 6.10 Å². The molecular formula is C11H20N2O2. The maximum atomic E-state index is 5.87. The van der Waals surface area contributed by atoms with Gasteiger partial charge in [-0.1, -0.05) is 12.1 Å². The van der Waals surface area contributed by atoms with Crippen molar-refractivity contribution in [1.29, 1.82) is 0 Å². The van der Waals surface area contributed by atoms with Crippen molar-refractivity contribution in [2.24, 2.45) is 16.8 Å². The molecule has 0 amide bonds. The van der Waals surface area contributed by atoms with Crippen molar-refractivity contribution in [3.8, 4) is 0 Å². The molecular weight excluding hydrogens is 192 g/mol. The fraction of sp³-hybridized carbons (Fsp3) is 0.909. The first-order chi connectivity index (χ1) is 7.29. The Morgan fingerprint density at radius 1 is 1.33 bits per heavy atom. The second-order valence-corrected chi connectivity index (χ2v) is 4.49. The molecule has 4 heteroatoms. The monoisotopic (exact) mass is 212 g/mol. The summed E-state index contributed by atoms with van der Waals surface area (Å²) in [6.45, 7) is 2.69. The van der Waals surface area contributed by atoms with Gasteiger partial charge in [-0.2, -0.15) is 0 Å². The van der Waals surface area contributed by atoms with Gasteiger partial charge in [0.1, 0.15) is 6.10 Å². The summed E-state index contributed by atoms with van der Waals surface area (Å²) in [7, 11) is 0. The highest BCUT2D eigenvalue weighted by Crippen LogP contribution is 2.26. The minimum absolute atomic E-state index is 0.188. The van der Waals surface area contributed by atoms with Gasteiger partial charge in [0.25, 0.3) is 0 Å². The number of hydrogen-bond donors (Lipinski definition) is 1. The molecule has 2 rings (SSSR count). The summed E-state index contributed by atoms with van der Waals surface area (Å²) in [5.41, 5.74) is 5.87. The van der Waals surface area contributed by atoms with Gasteiger partial charge in [-0.05, 0) is 32.1 Å². The van der Waals surface area contributed by atoms with E-state index in [4.69, 9.17) is 15.3 Å². The molecule has 15 heavy (non-hydrogen) atoms. The topological polar surface area (TPSA) is 56.8 Å². The second-order valence-electron chi connectivity index (χ2n) is 4.49. The van der Waals surface area contributed by atoms with E-state index >= 15 is 0 Å². The Balaban J connectivity index is 1.90. The molecule has 0 aromatic carbocycles. The SMILES string of the molecule is CCC1CON=C(C2CCC(N)CC2)O1. The molecule has 4 nitrogen and oxygen atoms in total. The number of rotatable bonds is 2. The second kappa shape index (κ2) is 4.84. The van der Waals surface area contributed by atoms with E-state index in [2.05, 4.69) is 12.1 Å². The molecule has 0 radical (unpaired) electrons. The van der Waals surface area contributed by atoms with Crippen LogP contribution in [0.5, 0.6) is 0 Å². The summed E-state index contributed by atoms with van der Waals surface area (Å²) in [5.74, 6) is 1.24. The third kappa shape index (κ3) is 2.62. The van der Waals surface area contributed by atoms with Crippen LogP contribution in [0.4, 0.5) is 0 Å². The molecule has 1 heterocycles. The van der Waals surface area contributed by atoms with Crippen LogP contribution in [0.1, 0.15) is 39.0 Å². The number of hydrogen-bond acceptors (Lipinski definition) is 4. The van der Waals surface area contributed by atoms with E-state index in [0.29, 0.717) is 18.6 Å². The smallest absolute Gasteiger partial charge is 0.229 e. The van der Waals surface area contributed by atoms with Gasteiger partial charge in [-0.15, -0.1) is 0 Å². The third-order valence-electron chi connectivity index (χ3n) is 3.28. The first-order valence-corrected chi connectivity index (χ1v) is 5.91. The van der Waals surface area contributed by atoms with E-state index in [0.717, 1.165) is 38.0 Å².